The van der Waals surface area contributed by atoms with Crippen LogP contribution in [0.1, 0.15) is 36.5 Å². The van der Waals surface area contributed by atoms with Crippen LogP contribution < -0.4 is 9.64 Å². The lowest BCUT2D eigenvalue weighted by molar-refractivity contribution is -0.124. The molecule has 1 aliphatic carbocycles. The predicted molar refractivity (Wildman–Crippen MR) is 95.7 cm³/mol. The number of amides is 1. The van der Waals surface area contributed by atoms with Gasteiger partial charge in [0.1, 0.15) is 5.75 Å². The predicted octanol–water partition coefficient (Wildman–Crippen LogP) is 3.92. The molecule has 2 aromatic carbocycles. The summed E-state index contributed by atoms with van der Waals surface area (Å²) in [6.45, 7) is 2.60. The van der Waals surface area contributed by atoms with Crippen LogP contribution in [0.25, 0.3) is 0 Å². The summed E-state index contributed by atoms with van der Waals surface area (Å²) in [5.74, 6) is 0.849. The Balaban J connectivity index is 1.48. The first kappa shape index (κ1) is 15.3. The minimum Gasteiger partial charge on any atom is -0.481 e. The number of hydrogen-bond acceptors (Lipinski definition) is 2. The molecule has 0 N–H and O–H groups in total. The van der Waals surface area contributed by atoms with Gasteiger partial charge in [0.05, 0.1) is 0 Å². The summed E-state index contributed by atoms with van der Waals surface area (Å²) >= 11 is 0. The van der Waals surface area contributed by atoms with Gasteiger partial charge in [-0.2, -0.15) is 0 Å². The summed E-state index contributed by atoms with van der Waals surface area (Å²) in [5, 5.41) is 0. The highest BCUT2D eigenvalue weighted by Crippen LogP contribution is 2.29. The second kappa shape index (κ2) is 6.31. The number of aryl methyl sites for hydroxylation is 2. The summed E-state index contributed by atoms with van der Waals surface area (Å²) < 4.78 is 5.98. The molecule has 4 rings (SSSR count). The van der Waals surface area contributed by atoms with Gasteiger partial charge in [-0.05, 0) is 73.9 Å². The number of nitrogens with zero attached hydrogens (tertiary/aromatic N) is 1. The zero-order valence-corrected chi connectivity index (χ0v) is 14.1. The Hall–Kier alpha value is -2.29. The molecule has 2 aliphatic rings. The number of benzene rings is 2. The van der Waals surface area contributed by atoms with Crippen LogP contribution in [0.2, 0.25) is 0 Å². The van der Waals surface area contributed by atoms with E-state index in [0.29, 0.717) is 0 Å². The minimum atomic E-state index is -0.474. The molecule has 0 unspecified atom stereocenters. The van der Waals surface area contributed by atoms with Crippen molar-refractivity contribution in [3.05, 3.63) is 59.2 Å². The van der Waals surface area contributed by atoms with Crippen molar-refractivity contribution >= 4 is 11.6 Å². The van der Waals surface area contributed by atoms with E-state index in [1.165, 1.54) is 29.5 Å². The van der Waals surface area contributed by atoms with E-state index < -0.39 is 6.10 Å². The fourth-order valence-corrected chi connectivity index (χ4v) is 3.82. The standard InChI is InChI=1S/C21H23NO2/c1-15(21(23)22-13-12-17-7-4-5-9-20(17)22)24-19-11-10-16-6-2-3-8-18(16)14-19/h4-5,7,9-11,14-15H,2-3,6,8,12-13H2,1H3/t15-/m1/s1. The Morgan fingerprint density at radius 3 is 2.67 bits per heavy atom. The van der Waals surface area contributed by atoms with Gasteiger partial charge < -0.3 is 9.64 Å². The zero-order chi connectivity index (χ0) is 16.5. The van der Waals surface area contributed by atoms with Gasteiger partial charge in [-0.3, -0.25) is 4.79 Å². The number of carbonyl (C=O) groups excluding carboxylic acids is 1. The topological polar surface area (TPSA) is 29.5 Å². The molecule has 124 valence electrons. The van der Waals surface area contributed by atoms with Crippen molar-refractivity contribution < 1.29 is 9.53 Å². The van der Waals surface area contributed by atoms with Crippen molar-refractivity contribution in [3.63, 3.8) is 0 Å². The first-order valence-corrected chi connectivity index (χ1v) is 8.90. The molecular weight excluding hydrogens is 298 g/mol. The van der Waals surface area contributed by atoms with Crippen LogP contribution in [0.4, 0.5) is 5.69 Å². The van der Waals surface area contributed by atoms with Gasteiger partial charge >= 0.3 is 0 Å². The fraction of sp³-hybridized carbons (Fsp3) is 0.381. The number of rotatable bonds is 3. The zero-order valence-electron chi connectivity index (χ0n) is 14.1. The van der Waals surface area contributed by atoms with Crippen LogP contribution >= 0.6 is 0 Å². The molecule has 24 heavy (non-hydrogen) atoms. The Bertz CT molecular complexity index is 768. The van der Waals surface area contributed by atoms with E-state index in [1.54, 1.807) is 0 Å². The lowest BCUT2D eigenvalue weighted by atomic mass is 9.92. The Kier molecular flexibility index (Phi) is 4.01. The number of para-hydroxylation sites is 1. The van der Waals surface area contributed by atoms with Crippen LogP contribution in [0, 0.1) is 0 Å². The van der Waals surface area contributed by atoms with E-state index in [9.17, 15) is 4.79 Å². The average Bonchev–Trinajstić information content (AvgIpc) is 3.05. The van der Waals surface area contributed by atoms with Gasteiger partial charge in [0.25, 0.3) is 5.91 Å². The van der Waals surface area contributed by atoms with E-state index in [0.717, 1.165) is 37.2 Å². The first-order valence-electron chi connectivity index (χ1n) is 8.90. The van der Waals surface area contributed by atoms with Gasteiger partial charge in [0, 0.05) is 12.2 Å². The first-order chi connectivity index (χ1) is 11.7. The number of fused-ring (bicyclic) bond motifs is 2. The van der Waals surface area contributed by atoms with Crippen molar-refractivity contribution in [2.24, 2.45) is 0 Å². The molecule has 1 amide bonds. The molecule has 0 bridgehead atoms. The molecule has 1 atom stereocenters. The maximum Gasteiger partial charge on any atom is 0.267 e. The monoisotopic (exact) mass is 321 g/mol. The number of ether oxygens (including phenoxy) is 1. The van der Waals surface area contributed by atoms with Crippen molar-refractivity contribution in [1.82, 2.24) is 0 Å². The highest BCUT2D eigenvalue weighted by atomic mass is 16.5. The van der Waals surface area contributed by atoms with Crippen LogP contribution in [0.5, 0.6) is 5.75 Å². The molecule has 1 aliphatic heterocycles. The van der Waals surface area contributed by atoms with E-state index >= 15 is 0 Å². The highest BCUT2D eigenvalue weighted by molar-refractivity contribution is 5.98. The maximum atomic E-state index is 12.8. The number of carbonyl (C=O) groups is 1. The van der Waals surface area contributed by atoms with E-state index in [4.69, 9.17) is 4.74 Å². The molecule has 0 spiro atoms. The normalized spacial score (nSPS) is 17.1. The third-order valence-electron chi connectivity index (χ3n) is 5.13. The van der Waals surface area contributed by atoms with Crippen LogP contribution in [-0.4, -0.2) is 18.6 Å². The molecule has 0 saturated heterocycles. The number of anilines is 1. The van der Waals surface area contributed by atoms with Crippen LogP contribution in [0.15, 0.2) is 42.5 Å². The summed E-state index contributed by atoms with van der Waals surface area (Å²) in [6, 6.07) is 14.4. The van der Waals surface area contributed by atoms with Gasteiger partial charge in [-0.1, -0.05) is 24.3 Å². The Morgan fingerprint density at radius 1 is 1.00 bits per heavy atom. The van der Waals surface area contributed by atoms with Gasteiger partial charge in [-0.25, -0.2) is 0 Å². The van der Waals surface area contributed by atoms with Gasteiger partial charge in [-0.15, -0.1) is 0 Å². The average molecular weight is 321 g/mol. The summed E-state index contributed by atoms with van der Waals surface area (Å²) in [7, 11) is 0. The smallest absolute Gasteiger partial charge is 0.267 e. The van der Waals surface area contributed by atoms with Gasteiger partial charge in [0.15, 0.2) is 6.10 Å². The Morgan fingerprint density at radius 2 is 1.79 bits per heavy atom. The molecular formula is C21H23NO2. The largest absolute Gasteiger partial charge is 0.481 e. The van der Waals surface area contributed by atoms with Gasteiger partial charge in [0.2, 0.25) is 0 Å². The lowest BCUT2D eigenvalue weighted by Crippen LogP contribution is -2.39. The summed E-state index contributed by atoms with van der Waals surface area (Å²) in [6.07, 6.45) is 5.25. The number of hydrogen-bond donors (Lipinski definition) is 0. The van der Waals surface area contributed by atoms with Crippen LogP contribution in [-0.2, 0) is 24.1 Å². The molecule has 0 radical (unpaired) electrons. The molecule has 3 heteroatoms. The Labute approximate surface area is 143 Å². The van der Waals surface area contributed by atoms with Crippen LogP contribution in [0.3, 0.4) is 0 Å². The quantitative estimate of drug-likeness (QED) is 0.857. The molecule has 0 saturated carbocycles. The van der Waals surface area contributed by atoms with Crippen molar-refractivity contribution in [2.75, 3.05) is 11.4 Å². The van der Waals surface area contributed by atoms with E-state index in [-0.39, 0.29) is 5.91 Å². The van der Waals surface area contributed by atoms with Crippen molar-refractivity contribution in [2.45, 2.75) is 45.1 Å². The fourth-order valence-electron chi connectivity index (χ4n) is 3.82. The maximum absolute atomic E-state index is 12.8. The highest BCUT2D eigenvalue weighted by Gasteiger charge is 2.28. The van der Waals surface area contributed by atoms with E-state index in [2.05, 4.69) is 18.2 Å². The second-order valence-corrected chi connectivity index (χ2v) is 6.77. The second-order valence-electron chi connectivity index (χ2n) is 6.77. The van der Waals surface area contributed by atoms with Crippen molar-refractivity contribution in [3.8, 4) is 5.75 Å². The molecule has 0 fully saturated rings. The SMILES string of the molecule is C[C@@H](Oc1ccc2c(c1)CCCC2)C(=O)N1CCc2ccccc21. The summed E-state index contributed by atoms with van der Waals surface area (Å²) in [4.78, 5) is 14.7. The molecule has 0 aromatic heterocycles. The molecule has 1 heterocycles. The third-order valence-corrected chi connectivity index (χ3v) is 5.13. The minimum absolute atomic E-state index is 0.0395. The lowest BCUT2D eigenvalue weighted by Gasteiger charge is -2.23. The molecule has 2 aromatic rings. The van der Waals surface area contributed by atoms with E-state index in [1.807, 2.05) is 36.1 Å². The third kappa shape index (κ3) is 2.79. The molecule has 3 nitrogen and oxygen atoms in total. The van der Waals surface area contributed by atoms with Crippen molar-refractivity contribution in [1.29, 1.82) is 0 Å². The summed E-state index contributed by atoms with van der Waals surface area (Å²) in [5.41, 5.74) is 5.08.